The average molecular weight is 317 g/mol. The van der Waals surface area contributed by atoms with Crippen molar-refractivity contribution in [1.29, 1.82) is 0 Å². The van der Waals surface area contributed by atoms with E-state index in [1.165, 1.54) is 38.5 Å². The van der Waals surface area contributed by atoms with Gasteiger partial charge in [-0.2, -0.15) is 5.10 Å². The normalized spacial score (nSPS) is 25.3. The van der Waals surface area contributed by atoms with Crippen LogP contribution in [0.25, 0.3) is 0 Å². The summed E-state index contributed by atoms with van der Waals surface area (Å²) >= 11 is 0. The van der Waals surface area contributed by atoms with E-state index in [4.69, 9.17) is 0 Å². The Bertz CT molecular complexity index is 549. The van der Waals surface area contributed by atoms with Gasteiger partial charge in [0.2, 0.25) is 0 Å². The third-order valence-corrected chi connectivity index (χ3v) is 5.63. The van der Waals surface area contributed by atoms with Crippen molar-refractivity contribution >= 4 is 5.91 Å². The summed E-state index contributed by atoms with van der Waals surface area (Å²) in [6, 6.07) is 0.464. The summed E-state index contributed by atoms with van der Waals surface area (Å²) in [5, 5.41) is 4.47. The summed E-state index contributed by atoms with van der Waals surface area (Å²) in [5.41, 5.74) is 1.84. The number of carbonyl (C=O) groups excluding carboxylic acids is 1. The first-order chi connectivity index (χ1) is 11.1. The van der Waals surface area contributed by atoms with Crippen LogP contribution in [0.2, 0.25) is 0 Å². The molecule has 2 heterocycles. The molecule has 4 nitrogen and oxygen atoms in total. The van der Waals surface area contributed by atoms with Crippen LogP contribution in [0.15, 0.2) is 6.20 Å². The van der Waals surface area contributed by atoms with Gasteiger partial charge >= 0.3 is 0 Å². The highest BCUT2D eigenvalue weighted by Gasteiger charge is 2.35. The van der Waals surface area contributed by atoms with Crippen molar-refractivity contribution in [3.63, 3.8) is 0 Å². The fourth-order valence-corrected chi connectivity index (χ4v) is 4.38. The van der Waals surface area contributed by atoms with Crippen molar-refractivity contribution in [3.8, 4) is 0 Å². The van der Waals surface area contributed by atoms with E-state index in [0.717, 1.165) is 36.7 Å². The van der Waals surface area contributed by atoms with Crippen LogP contribution in [0, 0.1) is 18.8 Å². The first-order valence-electron chi connectivity index (χ1n) is 9.41. The summed E-state index contributed by atoms with van der Waals surface area (Å²) in [5.74, 6) is 1.48. The Balaban J connectivity index is 1.82. The van der Waals surface area contributed by atoms with Crippen molar-refractivity contribution in [2.24, 2.45) is 11.8 Å². The maximum Gasteiger partial charge on any atom is 0.257 e. The highest BCUT2D eigenvalue weighted by atomic mass is 16.2. The molecule has 3 rings (SSSR count). The number of nitrogens with zero attached hydrogens (tertiary/aromatic N) is 3. The molecule has 0 unspecified atom stereocenters. The average Bonchev–Trinajstić information content (AvgIpc) is 2.76. The quantitative estimate of drug-likeness (QED) is 0.844. The predicted molar refractivity (Wildman–Crippen MR) is 92.4 cm³/mol. The summed E-state index contributed by atoms with van der Waals surface area (Å²) in [6.45, 7) is 8.22. The van der Waals surface area contributed by atoms with Gasteiger partial charge in [0, 0.05) is 24.8 Å². The highest BCUT2D eigenvalue weighted by Crippen LogP contribution is 2.35. The molecule has 0 spiro atoms. The number of likely N-dealkylation sites (tertiary alicyclic amines) is 1. The van der Waals surface area contributed by atoms with Crippen LogP contribution in [0.3, 0.4) is 0 Å². The number of hydrogen-bond donors (Lipinski definition) is 0. The molecule has 2 fully saturated rings. The Morgan fingerprint density at radius 1 is 1.22 bits per heavy atom. The zero-order valence-corrected chi connectivity index (χ0v) is 14.9. The van der Waals surface area contributed by atoms with E-state index < -0.39 is 0 Å². The van der Waals surface area contributed by atoms with Gasteiger partial charge in [-0.1, -0.05) is 33.1 Å². The number of carbonyl (C=O) groups is 1. The summed E-state index contributed by atoms with van der Waals surface area (Å²) in [4.78, 5) is 15.4. The molecule has 1 saturated carbocycles. The second kappa shape index (κ2) is 7.06. The third kappa shape index (κ3) is 3.46. The number of rotatable bonds is 3. The Morgan fingerprint density at radius 3 is 2.65 bits per heavy atom. The molecule has 1 aliphatic carbocycles. The Morgan fingerprint density at radius 2 is 1.91 bits per heavy atom. The van der Waals surface area contributed by atoms with E-state index in [0.29, 0.717) is 12.0 Å². The highest BCUT2D eigenvalue weighted by molar-refractivity contribution is 5.95. The molecule has 4 heteroatoms. The van der Waals surface area contributed by atoms with Gasteiger partial charge in [0.05, 0.1) is 11.8 Å². The minimum atomic E-state index is 0.219. The lowest BCUT2D eigenvalue weighted by atomic mass is 9.81. The minimum absolute atomic E-state index is 0.219. The second-order valence-corrected chi connectivity index (χ2v) is 7.83. The van der Waals surface area contributed by atoms with E-state index >= 15 is 0 Å². The predicted octanol–water partition coefficient (Wildman–Crippen LogP) is 4.03. The van der Waals surface area contributed by atoms with Gasteiger partial charge in [-0.15, -0.1) is 0 Å². The van der Waals surface area contributed by atoms with Gasteiger partial charge in [0.25, 0.3) is 5.91 Å². The lowest BCUT2D eigenvalue weighted by Crippen LogP contribution is -2.45. The zero-order chi connectivity index (χ0) is 16.4. The van der Waals surface area contributed by atoms with Crippen molar-refractivity contribution in [2.75, 3.05) is 6.54 Å². The lowest BCUT2D eigenvalue weighted by Gasteiger charge is -2.38. The molecule has 1 aromatic rings. The fraction of sp³-hybridized carbons (Fsp3) is 0.789. The first-order valence-corrected chi connectivity index (χ1v) is 9.41. The number of hydrogen-bond acceptors (Lipinski definition) is 2. The third-order valence-electron chi connectivity index (χ3n) is 5.63. The molecule has 23 heavy (non-hydrogen) atoms. The van der Waals surface area contributed by atoms with Crippen LogP contribution in [0.4, 0.5) is 0 Å². The summed E-state index contributed by atoms with van der Waals surface area (Å²) in [6.07, 6.45) is 10.6. The molecule has 1 aromatic heterocycles. The Hall–Kier alpha value is -1.32. The standard InChI is InChI=1S/C19H31N3O/c1-14(2)13-22-15(3)17(12-20-22)19(23)21-11-7-6-9-16-8-4-5-10-18(16)21/h12,14,16,18H,4-11,13H2,1-3H3/t16-,18-/m0/s1. The van der Waals surface area contributed by atoms with Gasteiger partial charge in [-0.05, 0) is 44.4 Å². The topological polar surface area (TPSA) is 38.1 Å². The maximum atomic E-state index is 13.2. The number of amides is 1. The molecule has 0 bridgehead atoms. The zero-order valence-electron chi connectivity index (χ0n) is 14.9. The summed E-state index contributed by atoms with van der Waals surface area (Å²) < 4.78 is 1.99. The van der Waals surface area contributed by atoms with Gasteiger partial charge in [-0.25, -0.2) is 0 Å². The Labute approximate surface area is 140 Å². The minimum Gasteiger partial charge on any atom is -0.335 e. The van der Waals surface area contributed by atoms with E-state index in [2.05, 4.69) is 23.8 Å². The number of aromatic nitrogens is 2. The van der Waals surface area contributed by atoms with Gasteiger partial charge in [0.15, 0.2) is 0 Å². The van der Waals surface area contributed by atoms with Crippen LogP contribution in [-0.2, 0) is 6.54 Å². The van der Waals surface area contributed by atoms with E-state index in [1.807, 2.05) is 11.6 Å². The van der Waals surface area contributed by atoms with E-state index in [-0.39, 0.29) is 5.91 Å². The lowest BCUT2D eigenvalue weighted by molar-refractivity contribution is 0.0568. The molecule has 2 aliphatic rings. The smallest absolute Gasteiger partial charge is 0.257 e. The van der Waals surface area contributed by atoms with E-state index in [9.17, 15) is 4.79 Å². The summed E-state index contributed by atoms with van der Waals surface area (Å²) in [7, 11) is 0. The monoisotopic (exact) mass is 317 g/mol. The molecular formula is C19H31N3O. The molecule has 0 N–H and O–H groups in total. The van der Waals surface area contributed by atoms with Crippen molar-refractivity contribution in [1.82, 2.24) is 14.7 Å². The van der Waals surface area contributed by atoms with Crippen molar-refractivity contribution < 1.29 is 4.79 Å². The van der Waals surface area contributed by atoms with Crippen LogP contribution < -0.4 is 0 Å². The SMILES string of the molecule is Cc1c(C(=O)N2CCCC[C@@H]3CCCC[C@@H]32)cnn1CC(C)C. The molecule has 0 radical (unpaired) electrons. The molecule has 1 amide bonds. The van der Waals surface area contributed by atoms with Gasteiger partial charge in [-0.3, -0.25) is 9.48 Å². The van der Waals surface area contributed by atoms with Crippen LogP contribution in [0.1, 0.15) is 74.8 Å². The molecule has 1 aliphatic heterocycles. The van der Waals surface area contributed by atoms with Crippen molar-refractivity contribution in [2.45, 2.75) is 78.3 Å². The van der Waals surface area contributed by atoms with Gasteiger partial charge < -0.3 is 4.90 Å². The molecule has 2 atom stereocenters. The van der Waals surface area contributed by atoms with Crippen LogP contribution >= 0.6 is 0 Å². The van der Waals surface area contributed by atoms with Gasteiger partial charge in [0.1, 0.15) is 0 Å². The second-order valence-electron chi connectivity index (χ2n) is 7.83. The Kier molecular flexibility index (Phi) is 5.08. The largest absolute Gasteiger partial charge is 0.335 e. The molecule has 128 valence electrons. The van der Waals surface area contributed by atoms with E-state index in [1.54, 1.807) is 6.20 Å². The fourth-order valence-electron chi connectivity index (χ4n) is 4.38. The van der Waals surface area contributed by atoms with Crippen molar-refractivity contribution in [3.05, 3.63) is 17.5 Å². The van der Waals surface area contributed by atoms with Crippen LogP contribution in [-0.4, -0.2) is 33.2 Å². The number of fused-ring (bicyclic) bond motifs is 1. The maximum absolute atomic E-state index is 13.2. The van der Waals surface area contributed by atoms with Crippen LogP contribution in [0.5, 0.6) is 0 Å². The molecule has 0 aromatic carbocycles. The molecular weight excluding hydrogens is 286 g/mol. The molecule has 1 saturated heterocycles. The first kappa shape index (κ1) is 16.5.